The van der Waals surface area contributed by atoms with E-state index in [0.717, 1.165) is 23.8 Å². The van der Waals surface area contributed by atoms with Gasteiger partial charge in [0.05, 0.1) is 5.56 Å². The van der Waals surface area contributed by atoms with Gasteiger partial charge in [-0.1, -0.05) is 39.0 Å². The molecule has 0 aromatic carbocycles. The molecule has 4 nitrogen and oxygen atoms in total. The maximum Gasteiger partial charge on any atom is 0.328 e. The molecule has 1 aromatic heterocycles. The fourth-order valence-corrected chi connectivity index (χ4v) is 2.70. The van der Waals surface area contributed by atoms with E-state index < -0.39 is 5.97 Å². The summed E-state index contributed by atoms with van der Waals surface area (Å²) < 4.78 is 0. The monoisotopic (exact) mass is 309 g/mol. The molecule has 0 atom stereocenters. The van der Waals surface area contributed by atoms with E-state index in [1.807, 2.05) is 0 Å². The smallest absolute Gasteiger partial charge is 0.328 e. The summed E-state index contributed by atoms with van der Waals surface area (Å²) in [6.07, 6.45) is 9.76. The largest absolute Gasteiger partial charge is 0.478 e. The van der Waals surface area contributed by atoms with Crippen molar-refractivity contribution in [1.29, 1.82) is 0 Å². The molecular weight excluding hydrogens is 286 g/mol. The summed E-state index contributed by atoms with van der Waals surface area (Å²) in [5, 5.41) is 13.2. The van der Waals surface area contributed by atoms with E-state index in [2.05, 4.69) is 12.2 Å². The Hall–Kier alpha value is -1.62. The fraction of sp³-hybridized carbons (Fsp3) is 0.500. The summed E-state index contributed by atoms with van der Waals surface area (Å²) >= 11 is 1.36. The lowest BCUT2D eigenvalue weighted by atomic mass is 10.1. The van der Waals surface area contributed by atoms with Crippen LogP contribution in [-0.4, -0.2) is 23.5 Å². The summed E-state index contributed by atoms with van der Waals surface area (Å²) in [5.41, 5.74) is 0.594. The number of unbranched alkanes of at least 4 members (excludes halogenated alkanes) is 5. The van der Waals surface area contributed by atoms with Gasteiger partial charge in [-0.15, -0.1) is 11.3 Å². The van der Waals surface area contributed by atoms with Crippen molar-refractivity contribution >= 4 is 29.3 Å². The summed E-state index contributed by atoms with van der Waals surface area (Å²) in [6.45, 7) is 2.89. The predicted molar refractivity (Wildman–Crippen MR) is 86.7 cm³/mol. The van der Waals surface area contributed by atoms with Gasteiger partial charge in [0, 0.05) is 22.9 Å². The van der Waals surface area contributed by atoms with Crippen molar-refractivity contribution in [2.24, 2.45) is 0 Å². The molecule has 2 N–H and O–H groups in total. The number of carboxylic acid groups (broad SMARTS) is 1. The number of hydrogen-bond acceptors (Lipinski definition) is 3. The minimum Gasteiger partial charge on any atom is -0.478 e. The molecule has 0 spiro atoms. The first-order valence-electron chi connectivity index (χ1n) is 7.41. The zero-order chi connectivity index (χ0) is 15.5. The number of rotatable bonds is 10. The quantitative estimate of drug-likeness (QED) is 0.508. The van der Waals surface area contributed by atoms with Crippen LogP contribution in [0.4, 0.5) is 0 Å². The minimum atomic E-state index is -0.988. The van der Waals surface area contributed by atoms with E-state index in [1.165, 1.54) is 43.1 Å². The van der Waals surface area contributed by atoms with Crippen LogP contribution in [0.15, 0.2) is 17.5 Å². The standard InChI is InChI=1S/C16H23NO3S/c1-2-3-4-5-6-7-10-17-16(20)13-11-14(21-12-13)8-9-15(18)19/h8-9,11-12H,2-7,10H2,1H3,(H,17,20)(H,18,19)/b9-8+. The molecule has 0 aliphatic heterocycles. The molecule has 0 saturated carbocycles. The number of amides is 1. The summed E-state index contributed by atoms with van der Waals surface area (Å²) in [6, 6.07) is 1.71. The van der Waals surface area contributed by atoms with Crippen LogP contribution in [0.25, 0.3) is 6.08 Å². The van der Waals surface area contributed by atoms with Crippen molar-refractivity contribution in [1.82, 2.24) is 5.32 Å². The van der Waals surface area contributed by atoms with Gasteiger partial charge in [-0.3, -0.25) is 4.79 Å². The highest BCUT2D eigenvalue weighted by molar-refractivity contribution is 7.11. The van der Waals surface area contributed by atoms with E-state index in [9.17, 15) is 9.59 Å². The third-order valence-electron chi connectivity index (χ3n) is 3.09. The normalized spacial score (nSPS) is 10.9. The number of nitrogens with one attached hydrogen (secondary N) is 1. The van der Waals surface area contributed by atoms with Gasteiger partial charge in [-0.05, 0) is 18.6 Å². The van der Waals surface area contributed by atoms with E-state index in [0.29, 0.717) is 12.1 Å². The first-order chi connectivity index (χ1) is 10.1. The van der Waals surface area contributed by atoms with Gasteiger partial charge in [0.15, 0.2) is 0 Å². The van der Waals surface area contributed by atoms with Crippen LogP contribution in [-0.2, 0) is 4.79 Å². The Kier molecular flexibility index (Phi) is 8.43. The van der Waals surface area contributed by atoms with Gasteiger partial charge in [-0.2, -0.15) is 0 Å². The highest BCUT2D eigenvalue weighted by Crippen LogP contribution is 2.16. The number of carboxylic acids is 1. The molecule has 0 saturated heterocycles. The number of aliphatic carboxylic acids is 1. The van der Waals surface area contributed by atoms with Crippen LogP contribution in [0.5, 0.6) is 0 Å². The summed E-state index contributed by atoms with van der Waals surface area (Å²) in [4.78, 5) is 23.1. The summed E-state index contributed by atoms with van der Waals surface area (Å²) in [5.74, 6) is -1.08. The van der Waals surface area contributed by atoms with Gasteiger partial charge in [-0.25, -0.2) is 4.79 Å². The molecule has 0 bridgehead atoms. The molecule has 0 unspecified atom stereocenters. The van der Waals surface area contributed by atoms with Crippen molar-refractivity contribution in [3.05, 3.63) is 28.0 Å². The molecule has 0 aliphatic rings. The van der Waals surface area contributed by atoms with Gasteiger partial charge >= 0.3 is 5.97 Å². The predicted octanol–water partition coefficient (Wildman–Crippen LogP) is 3.94. The van der Waals surface area contributed by atoms with Crippen LogP contribution < -0.4 is 5.32 Å². The topological polar surface area (TPSA) is 66.4 Å². The minimum absolute atomic E-state index is 0.0882. The zero-order valence-electron chi connectivity index (χ0n) is 12.4. The average Bonchev–Trinajstić information content (AvgIpc) is 2.93. The van der Waals surface area contributed by atoms with Crippen molar-refractivity contribution in [2.45, 2.75) is 45.4 Å². The molecule has 0 fully saturated rings. The molecule has 1 rings (SSSR count). The third kappa shape index (κ3) is 7.66. The van der Waals surface area contributed by atoms with Gasteiger partial charge in [0.25, 0.3) is 5.91 Å². The Bertz CT molecular complexity index is 480. The molecule has 21 heavy (non-hydrogen) atoms. The number of hydrogen-bond donors (Lipinski definition) is 2. The van der Waals surface area contributed by atoms with Crippen molar-refractivity contribution in [2.75, 3.05) is 6.54 Å². The fourth-order valence-electron chi connectivity index (χ4n) is 1.92. The molecule has 1 heterocycles. The molecule has 1 amide bonds. The van der Waals surface area contributed by atoms with Crippen LogP contribution in [0.3, 0.4) is 0 Å². The molecule has 0 radical (unpaired) electrons. The molecule has 1 aromatic rings. The average molecular weight is 309 g/mol. The Morgan fingerprint density at radius 2 is 1.95 bits per heavy atom. The van der Waals surface area contributed by atoms with E-state index in [-0.39, 0.29) is 5.91 Å². The Balaban J connectivity index is 2.24. The first-order valence-corrected chi connectivity index (χ1v) is 8.29. The lowest BCUT2D eigenvalue weighted by molar-refractivity contribution is -0.131. The van der Waals surface area contributed by atoms with E-state index in [4.69, 9.17) is 5.11 Å². The highest BCUT2D eigenvalue weighted by Gasteiger charge is 2.07. The maximum absolute atomic E-state index is 11.9. The number of thiophene rings is 1. The van der Waals surface area contributed by atoms with Crippen LogP contribution >= 0.6 is 11.3 Å². The highest BCUT2D eigenvalue weighted by atomic mass is 32.1. The van der Waals surface area contributed by atoms with Crippen molar-refractivity contribution in [3.8, 4) is 0 Å². The third-order valence-corrected chi connectivity index (χ3v) is 3.99. The second-order valence-corrected chi connectivity index (χ2v) is 5.88. The number of carbonyl (C=O) groups excluding carboxylic acids is 1. The Morgan fingerprint density at radius 3 is 2.67 bits per heavy atom. The molecule has 0 aliphatic carbocycles. The van der Waals surface area contributed by atoms with E-state index in [1.54, 1.807) is 11.4 Å². The molecular formula is C16H23NO3S. The Morgan fingerprint density at radius 1 is 1.24 bits per heavy atom. The summed E-state index contributed by atoms with van der Waals surface area (Å²) in [7, 11) is 0. The van der Waals surface area contributed by atoms with E-state index >= 15 is 0 Å². The lowest BCUT2D eigenvalue weighted by Crippen LogP contribution is -2.23. The van der Waals surface area contributed by atoms with Crippen molar-refractivity contribution in [3.63, 3.8) is 0 Å². The first kappa shape index (κ1) is 17.4. The maximum atomic E-state index is 11.9. The second-order valence-electron chi connectivity index (χ2n) is 4.93. The van der Waals surface area contributed by atoms with Gasteiger partial charge in [0.2, 0.25) is 0 Å². The van der Waals surface area contributed by atoms with Crippen LogP contribution in [0, 0.1) is 0 Å². The van der Waals surface area contributed by atoms with Gasteiger partial charge < -0.3 is 10.4 Å². The second kappa shape index (κ2) is 10.2. The molecule has 116 valence electrons. The zero-order valence-corrected chi connectivity index (χ0v) is 13.2. The van der Waals surface area contributed by atoms with Crippen molar-refractivity contribution < 1.29 is 14.7 Å². The Labute approximate surface area is 129 Å². The van der Waals surface area contributed by atoms with Gasteiger partial charge in [0.1, 0.15) is 0 Å². The molecule has 5 heteroatoms. The lowest BCUT2D eigenvalue weighted by Gasteiger charge is -2.03. The van der Waals surface area contributed by atoms with Crippen LogP contribution in [0.1, 0.15) is 60.7 Å². The number of carbonyl (C=O) groups is 2. The SMILES string of the molecule is CCCCCCCCNC(=O)c1csc(/C=C/C(=O)O)c1. The van der Waals surface area contributed by atoms with Crippen LogP contribution in [0.2, 0.25) is 0 Å².